The van der Waals surface area contributed by atoms with Gasteiger partial charge < -0.3 is 20.2 Å². The van der Waals surface area contributed by atoms with E-state index in [1.54, 1.807) is 11.9 Å². The molecular weight excluding hydrogens is 258 g/mol. The molecule has 0 aromatic carbocycles. The SMILES string of the molecule is CCC1CCN(C(=O)N(C)CCCNC)C(C(=O)O)C1. The monoisotopic (exact) mass is 285 g/mol. The van der Waals surface area contributed by atoms with Crippen LogP contribution >= 0.6 is 0 Å². The largest absolute Gasteiger partial charge is 0.480 e. The van der Waals surface area contributed by atoms with Crippen molar-refractivity contribution >= 4 is 12.0 Å². The van der Waals surface area contributed by atoms with Crippen LogP contribution in [0.4, 0.5) is 4.79 Å². The van der Waals surface area contributed by atoms with Gasteiger partial charge in [-0.3, -0.25) is 0 Å². The molecule has 6 nitrogen and oxygen atoms in total. The molecule has 2 amide bonds. The maximum atomic E-state index is 12.4. The fourth-order valence-electron chi connectivity index (χ4n) is 2.68. The van der Waals surface area contributed by atoms with Crippen molar-refractivity contribution in [2.24, 2.45) is 5.92 Å². The molecule has 0 radical (unpaired) electrons. The number of piperidine rings is 1. The van der Waals surface area contributed by atoms with Crippen molar-refractivity contribution < 1.29 is 14.7 Å². The van der Waals surface area contributed by atoms with E-state index in [9.17, 15) is 14.7 Å². The highest BCUT2D eigenvalue weighted by molar-refractivity contribution is 5.82. The predicted molar refractivity (Wildman–Crippen MR) is 77.7 cm³/mol. The molecule has 2 unspecified atom stereocenters. The normalized spacial score (nSPS) is 22.6. The summed E-state index contributed by atoms with van der Waals surface area (Å²) in [4.78, 5) is 26.9. The summed E-state index contributed by atoms with van der Waals surface area (Å²) in [5.74, 6) is -0.477. The molecule has 1 heterocycles. The maximum Gasteiger partial charge on any atom is 0.326 e. The highest BCUT2D eigenvalue weighted by Crippen LogP contribution is 2.26. The summed E-state index contributed by atoms with van der Waals surface area (Å²) >= 11 is 0. The standard InChI is InChI=1S/C14H27N3O3/c1-4-11-6-9-17(12(10-11)13(18)19)14(20)16(3)8-5-7-15-2/h11-12,15H,4-10H2,1-3H3,(H,18,19). The van der Waals surface area contributed by atoms with E-state index in [0.29, 0.717) is 25.4 Å². The molecule has 1 saturated heterocycles. The number of aliphatic carboxylic acids is 1. The Morgan fingerprint density at radius 2 is 2.15 bits per heavy atom. The smallest absolute Gasteiger partial charge is 0.326 e. The van der Waals surface area contributed by atoms with Gasteiger partial charge >= 0.3 is 12.0 Å². The Labute approximate surface area is 121 Å². The zero-order valence-electron chi connectivity index (χ0n) is 12.8. The van der Waals surface area contributed by atoms with Crippen LogP contribution in [-0.4, -0.2) is 66.7 Å². The molecule has 1 aliphatic rings. The zero-order chi connectivity index (χ0) is 15.1. The van der Waals surface area contributed by atoms with Crippen LogP contribution in [0.5, 0.6) is 0 Å². The van der Waals surface area contributed by atoms with E-state index in [-0.39, 0.29) is 6.03 Å². The molecule has 2 N–H and O–H groups in total. The summed E-state index contributed by atoms with van der Waals surface area (Å²) in [7, 11) is 3.61. The Hall–Kier alpha value is -1.30. The minimum absolute atomic E-state index is 0.164. The Balaban J connectivity index is 2.62. The Kier molecular flexibility index (Phi) is 6.78. The van der Waals surface area contributed by atoms with Crippen molar-refractivity contribution in [2.45, 2.75) is 38.6 Å². The van der Waals surface area contributed by atoms with Gasteiger partial charge in [0.15, 0.2) is 0 Å². The third kappa shape index (κ3) is 4.37. The summed E-state index contributed by atoms with van der Waals surface area (Å²) in [5, 5.41) is 12.4. The third-order valence-corrected chi connectivity index (χ3v) is 4.07. The molecule has 0 aromatic heterocycles. The van der Waals surface area contributed by atoms with E-state index >= 15 is 0 Å². The van der Waals surface area contributed by atoms with E-state index in [1.807, 2.05) is 7.05 Å². The van der Waals surface area contributed by atoms with Crippen LogP contribution in [-0.2, 0) is 4.79 Å². The van der Waals surface area contributed by atoms with Gasteiger partial charge in [0.05, 0.1) is 0 Å². The van der Waals surface area contributed by atoms with Crippen LogP contribution in [0.2, 0.25) is 0 Å². The van der Waals surface area contributed by atoms with Gasteiger partial charge in [-0.1, -0.05) is 13.3 Å². The molecular formula is C14H27N3O3. The molecule has 2 atom stereocenters. The second-order valence-corrected chi connectivity index (χ2v) is 5.51. The number of nitrogens with zero attached hydrogens (tertiary/aromatic N) is 2. The number of rotatable bonds is 6. The minimum atomic E-state index is -0.889. The average Bonchev–Trinajstić information content (AvgIpc) is 2.45. The number of amides is 2. The zero-order valence-corrected chi connectivity index (χ0v) is 12.8. The van der Waals surface area contributed by atoms with E-state index in [2.05, 4.69) is 12.2 Å². The van der Waals surface area contributed by atoms with Gasteiger partial charge in [-0.2, -0.15) is 0 Å². The number of hydrogen-bond acceptors (Lipinski definition) is 3. The van der Waals surface area contributed by atoms with Crippen molar-refractivity contribution in [1.29, 1.82) is 0 Å². The first-order chi connectivity index (χ1) is 9.51. The highest BCUT2D eigenvalue weighted by Gasteiger charge is 2.36. The van der Waals surface area contributed by atoms with Crippen molar-refractivity contribution in [3.63, 3.8) is 0 Å². The van der Waals surface area contributed by atoms with Crippen molar-refractivity contribution in [2.75, 3.05) is 33.7 Å². The summed E-state index contributed by atoms with van der Waals surface area (Å²) in [6.45, 7) is 4.10. The number of carboxylic acid groups (broad SMARTS) is 1. The first-order valence-electron chi connectivity index (χ1n) is 7.40. The van der Waals surface area contributed by atoms with Crippen molar-refractivity contribution in [3.8, 4) is 0 Å². The lowest BCUT2D eigenvalue weighted by molar-refractivity contribution is -0.144. The minimum Gasteiger partial charge on any atom is -0.480 e. The van der Waals surface area contributed by atoms with E-state index in [4.69, 9.17) is 0 Å². The highest BCUT2D eigenvalue weighted by atomic mass is 16.4. The molecule has 0 aliphatic carbocycles. The second-order valence-electron chi connectivity index (χ2n) is 5.51. The molecule has 1 rings (SSSR count). The van der Waals surface area contributed by atoms with Gasteiger partial charge in [-0.05, 0) is 38.8 Å². The molecule has 0 spiro atoms. The number of hydrogen-bond donors (Lipinski definition) is 2. The molecule has 20 heavy (non-hydrogen) atoms. The lowest BCUT2D eigenvalue weighted by Gasteiger charge is -2.38. The van der Waals surface area contributed by atoms with E-state index < -0.39 is 12.0 Å². The van der Waals surface area contributed by atoms with Crippen LogP contribution < -0.4 is 5.32 Å². The van der Waals surface area contributed by atoms with Crippen molar-refractivity contribution in [3.05, 3.63) is 0 Å². The van der Waals surface area contributed by atoms with Crippen LogP contribution in [0.3, 0.4) is 0 Å². The fraction of sp³-hybridized carbons (Fsp3) is 0.857. The van der Waals surface area contributed by atoms with Crippen LogP contribution in [0.1, 0.15) is 32.6 Å². The molecule has 1 aliphatic heterocycles. The predicted octanol–water partition coefficient (Wildman–Crippen LogP) is 1.22. The quantitative estimate of drug-likeness (QED) is 0.720. The lowest BCUT2D eigenvalue weighted by atomic mass is 9.89. The number of nitrogens with one attached hydrogen (secondary N) is 1. The maximum absolute atomic E-state index is 12.4. The fourth-order valence-corrected chi connectivity index (χ4v) is 2.68. The van der Waals surface area contributed by atoms with Gasteiger partial charge in [0.1, 0.15) is 6.04 Å². The number of carboxylic acids is 1. The number of urea groups is 1. The van der Waals surface area contributed by atoms with Gasteiger partial charge in [0.2, 0.25) is 0 Å². The summed E-state index contributed by atoms with van der Waals surface area (Å²) in [6.07, 6.45) is 3.31. The van der Waals surface area contributed by atoms with Gasteiger partial charge in [-0.15, -0.1) is 0 Å². The average molecular weight is 285 g/mol. The van der Waals surface area contributed by atoms with E-state index in [1.165, 1.54) is 4.90 Å². The lowest BCUT2D eigenvalue weighted by Crippen LogP contribution is -2.54. The topological polar surface area (TPSA) is 72.9 Å². The second kappa shape index (κ2) is 8.09. The first kappa shape index (κ1) is 16.8. The first-order valence-corrected chi connectivity index (χ1v) is 7.40. The van der Waals surface area contributed by atoms with Gasteiger partial charge in [0.25, 0.3) is 0 Å². The summed E-state index contributed by atoms with van der Waals surface area (Å²) in [5.41, 5.74) is 0. The van der Waals surface area contributed by atoms with Gasteiger partial charge in [0, 0.05) is 20.1 Å². The number of carbonyl (C=O) groups excluding carboxylic acids is 1. The number of carbonyl (C=O) groups is 2. The Morgan fingerprint density at radius 3 is 2.70 bits per heavy atom. The number of likely N-dealkylation sites (tertiary alicyclic amines) is 1. The van der Waals surface area contributed by atoms with Gasteiger partial charge in [-0.25, -0.2) is 9.59 Å². The molecule has 116 valence electrons. The molecule has 1 fully saturated rings. The van der Waals surface area contributed by atoms with Crippen molar-refractivity contribution in [1.82, 2.24) is 15.1 Å². The molecule has 0 aromatic rings. The summed E-state index contributed by atoms with van der Waals surface area (Å²) < 4.78 is 0. The van der Waals surface area contributed by atoms with Crippen LogP contribution in [0, 0.1) is 5.92 Å². The summed E-state index contributed by atoms with van der Waals surface area (Å²) in [6, 6.07) is -0.837. The van der Waals surface area contributed by atoms with Crippen LogP contribution in [0.15, 0.2) is 0 Å². The Morgan fingerprint density at radius 1 is 1.45 bits per heavy atom. The molecule has 0 saturated carbocycles. The molecule has 6 heteroatoms. The Bertz CT molecular complexity index is 336. The van der Waals surface area contributed by atoms with E-state index in [0.717, 1.165) is 25.8 Å². The molecule has 0 bridgehead atoms. The van der Waals surface area contributed by atoms with Crippen LogP contribution in [0.25, 0.3) is 0 Å². The third-order valence-electron chi connectivity index (χ3n) is 4.07.